The van der Waals surface area contributed by atoms with Crippen LogP contribution in [0.3, 0.4) is 0 Å². The van der Waals surface area contributed by atoms with Gasteiger partial charge in [0, 0.05) is 18.0 Å². The Hall–Kier alpha value is -0.870. The van der Waals surface area contributed by atoms with E-state index in [0.29, 0.717) is 17.5 Å². The van der Waals surface area contributed by atoms with E-state index in [4.69, 9.17) is 0 Å². The van der Waals surface area contributed by atoms with Crippen molar-refractivity contribution >= 4 is 9.84 Å². The molecule has 1 aromatic rings. The monoisotopic (exact) mass is 281 g/mol. The Balaban J connectivity index is 1.89. The van der Waals surface area contributed by atoms with Crippen LogP contribution in [-0.2, 0) is 15.3 Å². The van der Waals surface area contributed by atoms with Crippen molar-refractivity contribution in [3.8, 4) is 0 Å². The predicted octanol–water partition coefficient (Wildman–Crippen LogP) is 2.13. The molecule has 0 aromatic heterocycles. The number of rotatable bonds is 4. The van der Waals surface area contributed by atoms with Crippen molar-refractivity contribution in [1.82, 2.24) is 5.32 Å². The lowest BCUT2D eigenvalue weighted by Gasteiger charge is -2.30. The van der Waals surface area contributed by atoms with Crippen LogP contribution in [0.5, 0.6) is 0 Å². The summed E-state index contributed by atoms with van der Waals surface area (Å²) in [4.78, 5) is 0. The third-order valence-electron chi connectivity index (χ3n) is 3.94. The van der Waals surface area contributed by atoms with E-state index in [1.54, 1.807) is 0 Å². The molecule has 0 spiro atoms. The first-order valence-corrected chi connectivity index (χ1v) is 8.71. The van der Waals surface area contributed by atoms with Crippen molar-refractivity contribution in [2.24, 2.45) is 0 Å². The van der Waals surface area contributed by atoms with E-state index < -0.39 is 9.84 Å². The summed E-state index contributed by atoms with van der Waals surface area (Å²) in [6, 6.07) is 10.8. The van der Waals surface area contributed by atoms with Gasteiger partial charge in [0.15, 0.2) is 0 Å². The minimum Gasteiger partial charge on any atom is -0.313 e. The van der Waals surface area contributed by atoms with E-state index >= 15 is 0 Å². The predicted molar refractivity (Wildman–Crippen MR) is 79.1 cm³/mol. The van der Waals surface area contributed by atoms with E-state index in [2.05, 4.69) is 43.4 Å². The fraction of sp³-hybridized carbons (Fsp3) is 0.600. The van der Waals surface area contributed by atoms with Gasteiger partial charge in [0.05, 0.1) is 11.5 Å². The summed E-state index contributed by atoms with van der Waals surface area (Å²) >= 11 is 0. The summed E-state index contributed by atoms with van der Waals surface area (Å²) in [5, 5.41) is 3.53. The third kappa shape index (κ3) is 4.05. The highest BCUT2D eigenvalue weighted by Crippen LogP contribution is 2.22. The van der Waals surface area contributed by atoms with Crippen molar-refractivity contribution in [3.63, 3.8) is 0 Å². The van der Waals surface area contributed by atoms with Crippen molar-refractivity contribution in [2.75, 3.05) is 18.1 Å². The van der Waals surface area contributed by atoms with Crippen molar-refractivity contribution < 1.29 is 8.42 Å². The molecular formula is C15H23NO2S. The average molecular weight is 281 g/mol. The molecule has 2 rings (SSSR count). The zero-order chi connectivity index (χ0) is 13.9. The van der Waals surface area contributed by atoms with Gasteiger partial charge in [-0.05, 0) is 18.4 Å². The molecule has 1 fully saturated rings. The molecule has 106 valence electrons. The standard InChI is InChI=1S/C15H23NO2S/c1-15(2,13-6-4-3-5-7-13)12-16-14-8-10-19(17,18)11-9-14/h3-7,14,16H,8-12H2,1-2H3. The Labute approximate surface area is 116 Å². The molecule has 1 aliphatic heterocycles. The first kappa shape index (κ1) is 14.5. The van der Waals surface area contributed by atoms with E-state index in [1.165, 1.54) is 5.56 Å². The Morgan fingerprint density at radius 3 is 2.32 bits per heavy atom. The Bertz CT molecular complexity index is 494. The largest absolute Gasteiger partial charge is 0.313 e. The Morgan fingerprint density at radius 2 is 1.74 bits per heavy atom. The van der Waals surface area contributed by atoms with Crippen LogP contribution in [0.2, 0.25) is 0 Å². The van der Waals surface area contributed by atoms with Crippen LogP contribution in [0.15, 0.2) is 30.3 Å². The summed E-state index contributed by atoms with van der Waals surface area (Å²) in [7, 11) is -2.76. The van der Waals surface area contributed by atoms with Crippen LogP contribution in [0, 0.1) is 0 Å². The first-order chi connectivity index (χ1) is 8.89. The summed E-state index contributed by atoms with van der Waals surface area (Å²) in [6.45, 7) is 5.31. The molecule has 1 saturated heterocycles. The second-order valence-electron chi connectivity index (χ2n) is 6.06. The molecule has 1 heterocycles. The second-order valence-corrected chi connectivity index (χ2v) is 8.36. The zero-order valence-corrected chi connectivity index (χ0v) is 12.5. The molecule has 3 nitrogen and oxygen atoms in total. The minimum atomic E-state index is -2.76. The lowest BCUT2D eigenvalue weighted by atomic mass is 9.84. The van der Waals surface area contributed by atoms with Gasteiger partial charge in [-0.15, -0.1) is 0 Å². The van der Waals surface area contributed by atoms with E-state index in [-0.39, 0.29) is 5.41 Å². The maximum Gasteiger partial charge on any atom is 0.150 e. The highest BCUT2D eigenvalue weighted by Gasteiger charge is 2.26. The minimum absolute atomic E-state index is 0.0670. The third-order valence-corrected chi connectivity index (χ3v) is 5.66. The second kappa shape index (κ2) is 5.63. The van der Waals surface area contributed by atoms with Gasteiger partial charge in [-0.2, -0.15) is 0 Å². The number of hydrogen-bond donors (Lipinski definition) is 1. The van der Waals surface area contributed by atoms with Crippen LogP contribution in [0.25, 0.3) is 0 Å². The SMILES string of the molecule is CC(C)(CNC1CCS(=O)(=O)CC1)c1ccccc1. The number of sulfone groups is 1. The van der Waals surface area contributed by atoms with E-state index in [9.17, 15) is 8.42 Å². The molecule has 0 amide bonds. The molecule has 19 heavy (non-hydrogen) atoms. The average Bonchev–Trinajstić information content (AvgIpc) is 2.39. The summed E-state index contributed by atoms with van der Waals surface area (Å²) in [5.41, 5.74) is 1.38. The molecule has 1 N–H and O–H groups in total. The van der Waals surface area contributed by atoms with Crippen LogP contribution in [0.4, 0.5) is 0 Å². The van der Waals surface area contributed by atoms with Crippen LogP contribution < -0.4 is 5.32 Å². The fourth-order valence-electron chi connectivity index (χ4n) is 2.49. The maximum absolute atomic E-state index is 11.4. The van der Waals surface area contributed by atoms with E-state index in [1.807, 2.05) is 6.07 Å². The zero-order valence-electron chi connectivity index (χ0n) is 11.7. The van der Waals surface area contributed by atoms with Crippen LogP contribution in [-0.4, -0.2) is 32.5 Å². The lowest BCUT2D eigenvalue weighted by Crippen LogP contribution is -2.43. The van der Waals surface area contributed by atoms with Gasteiger partial charge in [-0.1, -0.05) is 44.2 Å². The van der Waals surface area contributed by atoms with Gasteiger partial charge in [-0.25, -0.2) is 8.42 Å². The number of benzene rings is 1. The van der Waals surface area contributed by atoms with Gasteiger partial charge < -0.3 is 5.32 Å². The molecule has 4 heteroatoms. The molecule has 0 radical (unpaired) electrons. The molecule has 0 unspecified atom stereocenters. The maximum atomic E-state index is 11.4. The van der Waals surface area contributed by atoms with Gasteiger partial charge in [0.25, 0.3) is 0 Å². The normalized spacial score (nSPS) is 20.3. The van der Waals surface area contributed by atoms with Crippen molar-refractivity contribution in [3.05, 3.63) is 35.9 Å². The topological polar surface area (TPSA) is 46.2 Å². The summed E-state index contributed by atoms with van der Waals surface area (Å²) in [6.07, 6.45) is 1.49. The Kier molecular flexibility index (Phi) is 4.31. The van der Waals surface area contributed by atoms with Crippen molar-refractivity contribution in [2.45, 2.75) is 38.1 Å². The quantitative estimate of drug-likeness (QED) is 0.919. The molecule has 0 saturated carbocycles. The summed E-state index contributed by atoms with van der Waals surface area (Å²) in [5.74, 6) is 0.660. The highest BCUT2D eigenvalue weighted by atomic mass is 32.2. The van der Waals surface area contributed by atoms with Gasteiger partial charge in [-0.3, -0.25) is 0 Å². The molecular weight excluding hydrogens is 258 g/mol. The molecule has 0 aliphatic carbocycles. The van der Waals surface area contributed by atoms with Gasteiger partial charge in [0.1, 0.15) is 9.84 Å². The van der Waals surface area contributed by atoms with Gasteiger partial charge >= 0.3 is 0 Å². The van der Waals surface area contributed by atoms with E-state index in [0.717, 1.165) is 19.4 Å². The molecule has 1 aromatic carbocycles. The van der Waals surface area contributed by atoms with Gasteiger partial charge in [0.2, 0.25) is 0 Å². The Morgan fingerprint density at radius 1 is 1.16 bits per heavy atom. The van der Waals surface area contributed by atoms with Crippen LogP contribution in [0.1, 0.15) is 32.3 Å². The molecule has 1 aliphatic rings. The number of nitrogens with one attached hydrogen (secondary N) is 1. The van der Waals surface area contributed by atoms with Crippen molar-refractivity contribution in [1.29, 1.82) is 0 Å². The summed E-state index contributed by atoms with van der Waals surface area (Å²) < 4.78 is 22.8. The first-order valence-electron chi connectivity index (χ1n) is 6.88. The number of hydrogen-bond acceptors (Lipinski definition) is 3. The molecule has 0 atom stereocenters. The molecule has 0 bridgehead atoms. The fourth-order valence-corrected chi connectivity index (χ4v) is 3.98. The lowest BCUT2D eigenvalue weighted by molar-refractivity contribution is 0.396. The highest BCUT2D eigenvalue weighted by molar-refractivity contribution is 7.91. The smallest absolute Gasteiger partial charge is 0.150 e. The van der Waals surface area contributed by atoms with Crippen LogP contribution >= 0.6 is 0 Å².